The van der Waals surface area contributed by atoms with Crippen LogP contribution in [-0.4, -0.2) is 24.0 Å². The standard InChI is InChI=1S/C12H12O4/c1-8(13)3-4-9-5-6-11(14)10(7-9)12(15)16-2/h3-7,14H,1-2H3/b4-3+. The summed E-state index contributed by atoms with van der Waals surface area (Å²) < 4.78 is 4.51. The van der Waals surface area contributed by atoms with Crippen LogP contribution >= 0.6 is 0 Å². The van der Waals surface area contributed by atoms with Gasteiger partial charge in [0.05, 0.1) is 7.11 Å². The molecule has 4 heteroatoms. The van der Waals surface area contributed by atoms with Crippen LogP contribution in [0.5, 0.6) is 5.75 Å². The molecule has 1 aromatic rings. The number of esters is 1. The summed E-state index contributed by atoms with van der Waals surface area (Å²) in [4.78, 5) is 22.0. The van der Waals surface area contributed by atoms with Gasteiger partial charge in [-0.25, -0.2) is 4.79 Å². The maximum atomic E-state index is 11.3. The molecule has 0 fully saturated rings. The first-order chi connectivity index (χ1) is 7.54. The monoisotopic (exact) mass is 220 g/mol. The Balaban J connectivity index is 3.07. The van der Waals surface area contributed by atoms with Crippen molar-refractivity contribution >= 4 is 17.8 Å². The predicted octanol–water partition coefficient (Wildman–Crippen LogP) is 1.78. The molecule has 16 heavy (non-hydrogen) atoms. The quantitative estimate of drug-likeness (QED) is 0.623. The second-order valence-corrected chi connectivity index (χ2v) is 3.21. The highest BCUT2D eigenvalue weighted by atomic mass is 16.5. The number of rotatable bonds is 3. The molecule has 0 bridgehead atoms. The number of benzene rings is 1. The van der Waals surface area contributed by atoms with E-state index >= 15 is 0 Å². The Morgan fingerprint density at radius 2 is 2.06 bits per heavy atom. The summed E-state index contributed by atoms with van der Waals surface area (Å²) in [5, 5.41) is 9.42. The molecule has 0 saturated carbocycles. The largest absolute Gasteiger partial charge is 0.507 e. The SMILES string of the molecule is COC(=O)c1cc(/C=C/C(C)=O)ccc1O. The van der Waals surface area contributed by atoms with Crippen molar-refractivity contribution in [3.8, 4) is 5.75 Å². The molecule has 0 heterocycles. The molecule has 1 aromatic carbocycles. The molecule has 0 saturated heterocycles. The van der Waals surface area contributed by atoms with Gasteiger partial charge < -0.3 is 9.84 Å². The Morgan fingerprint density at radius 3 is 2.62 bits per heavy atom. The molecule has 0 spiro atoms. The van der Waals surface area contributed by atoms with Gasteiger partial charge >= 0.3 is 5.97 Å². The fraction of sp³-hybridized carbons (Fsp3) is 0.167. The number of carbonyl (C=O) groups excluding carboxylic acids is 2. The van der Waals surface area contributed by atoms with Crippen LogP contribution in [0.25, 0.3) is 6.08 Å². The number of phenolic OH excluding ortho intramolecular Hbond substituents is 1. The summed E-state index contributed by atoms with van der Waals surface area (Å²) in [6.45, 7) is 1.43. The normalized spacial score (nSPS) is 10.4. The number of hydrogen-bond donors (Lipinski definition) is 1. The fourth-order valence-electron chi connectivity index (χ4n) is 1.14. The molecule has 0 atom stereocenters. The molecule has 4 nitrogen and oxygen atoms in total. The Bertz CT molecular complexity index is 446. The summed E-state index contributed by atoms with van der Waals surface area (Å²) in [6, 6.07) is 4.44. The van der Waals surface area contributed by atoms with E-state index in [1.54, 1.807) is 12.1 Å². The van der Waals surface area contributed by atoms with Crippen molar-refractivity contribution in [2.45, 2.75) is 6.92 Å². The van der Waals surface area contributed by atoms with Gasteiger partial charge in [0.25, 0.3) is 0 Å². The average Bonchev–Trinajstić information content (AvgIpc) is 2.27. The molecule has 0 radical (unpaired) electrons. The van der Waals surface area contributed by atoms with Crippen molar-refractivity contribution in [3.05, 3.63) is 35.4 Å². The van der Waals surface area contributed by atoms with E-state index in [-0.39, 0.29) is 17.1 Å². The van der Waals surface area contributed by atoms with Gasteiger partial charge in [0.2, 0.25) is 0 Å². The third-order valence-corrected chi connectivity index (χ3v) is 1.94. The summed E-state index contributed by atoms with van der Waals surface area (Å²) in [5.74, 6) is -0.852. The van der Waals surface area contributed by atoms with E-state index in [9.17, 15) is 14.7 Å². The first-order valence-electron chi connectivity index (χ1n) is 4.64. The minimum atomic E-state index is -0.615. The van der Waals surface area contributed by atoms with Crippen LogP contribution in [0.2, 0.25) is 0 Å². The van der Waals surface area contributed by atoms with E-state index in [0.29, 0.717) is 5.56 Å². The van der Waals surface area contributed by atoms with Gasteiger partial charge in [0.1, 0.15) is 11.3 Å². The lowest BCUT2D eigenvalue weighted by atomic mass is 10.1. The van der Waals surface area contributed by atoms with E-state index in [1.165, 1.54) is 32.2 Å². The van der Waals surface area contributed by atoms with Crippen molar-refractivity contribution in [1.29, 1.82) is 0 Å². The van der Waals surface area contributed by atoms with Crippen LogP contribution in [-0.2, 0) is 9.53 Å². The third-order valence-electron chi connectivity index (χ3n) is 1.94. The smallest absolute Gasteiger partial charge is 0.341 e. The first kappa shape index (κ1) is 12.0. The van der Waals surface area contributed by atoms with Crippen molar-refractivity contribution in [3.63, 3.8) is 0 Å². The van der Waals surface area contributed by atoms with Gasteiger partial charge in [-0.15, -0.1) is 0 Å². The molecular formula is C12H12O4. The number of allylic oxidation sites excluding steroid dienone is 1. The predicted molar refractivity (Wildman–Crippen MR) is 59.2 cm³/mol. The van der Waals surface area contributed by atoms with Gasteiger partial charge in [-0.1, -0.05) is 12.1 Å². The van der Waals surface area contributed by atoms with E-state index in [2.05, 4.69) is 4.74 Å². The molecule has 0 unspecified atom stereocenters. The van der Waals surface area contributed by atoms with Crippen LogP contribution in [0, 0.1) is 0 Å². The second kappa shape index (κ2) is 5.11. The van der Waals surface area contributed by atoms with Crippen LogP contribution < -0.4 is 0 Å². The number of phenols is 1. The Morgan fingerprint density at radius 1 is 1.38 bits per heavy atom. The zero-order valence-electron chi connectivity index (χ0n) is 9.06. The highest BCUT2D eigenvalue weighted by molar-refractivity contribution is 5.94. The number of hydrogen-bond acceptors (Lipinski definition) is 4. The fourth-order valence-corrected chi connectivity index (χ4v) is 1.14. The molecule has 0 amide bonds. The van der Waals surface area contributed by atoms with E-state index in [1.807, 2.05) is 0 Å². The maximum absolute atomic E-state index is 11.3. The summed E-state index contributed by atoms with van der Waals surface area (Å²) >= 11 is 0. The van der Waals surface area contributed by atoms with Crippen LogP contribution in [0.15, 0.2) is 24.3 Å². The molecule has 0 aliphatic heterocycles. The summed E-state index contributed by atoms with van der Waals surface area (Å²) in [7, 11) is 1.24. The lowest BCUT2D eigenvalue weighted by Gasteiger charge is -2.03. The Kier molecular flexibility index (Phi) is 3.83. The Hall–Kier alpha value is -2.10. The average molecular weight is 220 g/mol. The van der Waals surface area contributed by atoms with Crippen molar-refractivity contribution in [1.82, 2.24) is 0 Å². The van der Waals surface area contributed by atoms with E-state index in [4.69, 9.17) is 0 Å². The molecule has 1 rings (SSSR count). The molecule has 0 aromatic heterocycles. The van der Waals surface area contributed by atoms with Crippen LogP contribution in [0.4, 0.5) is 0 Å². The van der Waals surface area contributed by atoms with Crippen LogP contribution in [0.1, 0.15) is 22.8 Å². The van der Waals surface area contributed by atoms with E-state index < -0.39 is 5.97 Å². The second-order valence-electron chi connectivity index (χ2n) is 3.21. The molecule has 84 valence electrons. The zero-order chi connectivity index (χ0) is 12.1. The lowest BCUT2D eigenvalue weighted by Crippen LogP contribution is -2.01. The molecular weight excluding hydrogens is 208 g/mol. The number of methoxy groups -OCH3 is 1. The van der Waals surface area contributed by atoms with Crippen molar-refractivity contribution in [2.24, 2.45) is 0 Å². The molecule has 0 aliphatic rings. The van der Waals surface area contributed by atoms with Crippen molar-refractivity contribution < 1.29 is 19.4 Å². The first-order valence-corrected chi connectivity index (χ1v) is 4.64. The van der Waals surface area contributed by atoms with Crippen LogP contribution in [0.3, 0.4) is 0 Å². The minimum absolute atomic E-state index is 0.0770. The highest BCUT2D eigenvalue weighted by Crippen LogP contribution is 2.20. The number of ketones is 1. The summed E-state index contributed by atoms with van der Waals surface area (Å²) in [5.41, 5.74) is 0.724. The number of ether oxygens (including phenoxy) is 1. The topological polar surface area (TPSA) is 63.6 Å². The summed E-state index contributed by atoms with van der Waals surface area (Å²) in [6.07, 6.45) is 2.95. The lowest BCUT2D eigenvalue weighted by molar-refractivity contribution is -0.112. The Labute approximate surface area is 93.2 Å². The van der Waals surface area contributed by atoms with Gasteiger partial charge in [-0.05, 0) is 30.7 Å². The van der Waals surface area contributed by atoms with Gasteiger partial charge in [-0.2, -0.15) is 0 Å². The molecule has 0 aliphatic carbocycles. The number of carbonyl (C=O) groups is 2. The zero-order valence-corrected chi connectivity index (χ0v) is 9.06. The third kappa shape index (κ3) is 2.95. The van der Waals surface area contributed by atoms with Gasteiger partial charge in [0.15, 0.2) is 5.78 Å². The maximum Gasteiger partial charge on any atom is 0.341 e. The molecule has 1 N–H and O–H groups in total. The van der Waals surface area contributed by atoms with Crippen molar-refractivity contribution in [2.75, 3.05) is 7.11 Å². The van der Waals surface area contributed by atoms with E-state index in [0.717, 1.165) is 0 Å². The van der Waals surface area contributed by atoms with Gasteiger partial charge in [-0.3, -0.25) is 4.79 Å². The number of aromatic hydroxyl groups is 1. The van der Waals surface area contributed by atoms with Gasteiger partial charge in [0, 0.05) is 0 Å². The minimum Gasteiger partial charge on any atom is -0.507 e. The highest BCUT2D eigenvalue weighted by Gasteiger charge is 2.11.